The molecule has 22 heavy (non-hydrogen) atoms. The first-order valence-electron chi connectivity index (χ1n) is 7.65. The standard InChI is InChI=1S/C16H20N4O2/c1-2-22-16(21)13-6-7-15(17-11-13)19-9-3-5-14(12-19)20-10-4-8-18-20/h4,6-8,10-11,14H,2-3,5,9,12H2,1H3. The molecule has 6 heteroatoms. The molecule has 3 heterocycles. The van der Waals surface area contributed by atoms with Crippen LogP contribution in [0.4, 0.5) is 5.82 Å². The third-order valence-electron chi connectivity index (χ3n) is 3.88. The Bertz CT molecular complexity index is 610. The Morgan fingerprint density at radius 1 is 1.45 bits per heavy atom. The molecule has 116 valence electrons. The fourth-order valence-corrected chi connectivity index (χ4v) is 2.78. The van der Waals surface area contributed by atoms with E-state index < -0.39 is 0 Å². The van der Waals surface area contributed by atoms with Crippen molar-refractivity contribution in [1.29, 1.82) is 0 Å². The van der Waals surface area contributed by atoms with Gasteiger partial charge in [-0.3, -0.25) is 4.68 Å². The molecule has 0 bridgehead atoms. The number of pyridine rings is 1. The highest BCUT2D eigenvalue weighted by Crippen LogP contribution is 2.24. The van der Waals surface area contributed by atoms with Gasteiger partial charge in [0, 0.05) is 31.7 Å². The lowest BCUT2D eigenvalue weighted by molar-refractivity contribution is 0.0526. The Morgan fingerprint density at radius 2 is 2.36 bits per heavy atom. The molecule has 1 fully saturated rings. The SMILES string of the molecule is CCOC(=O)c1ccc(N2CCCC(n3cccn3)C2)nc1. The second-order valence-electron chi connectivity index (χ2n) is 5.35. The van der Waals surface area contributed by atoms with Crippen LogP contribution in [0.25, 0.3) is 0 Å². The van der Waals surface area contributed by atoms with Crippen molar-refractivity contribution < 1.29 is 9.53 Å². The van der Waals surface area contributed by atoms with Gasteiger partial charge in [0.1, 0.15) is 5.82 Å². The molecule has 0 spiro atoms. The molecular formula is C16H20N4O2. The van der Waals surface area contributed by atoms with E-state index in [0.29, 0.717) is 18.2 Å². The van der Waals surface area contributed by atoms with Crippen molar-refractivity contribution >= 4 is 11.8 Å². The lowest BCUT2D eigenvalue weighted by Crippen LogP contribution is -2.37. The molecule has 0 aliphatic carbocycles. The van der Waals surface area contributed by atoms with Gasteiger partial charge in [-0.25, -0.2) is 9.78 Å². The van der Waals surface area contributed by atoms with Crippen LogP contribution in [0.5, 0.6) is 0 Å². The normalized spacial score (nSPS) is 18.2. The quantitative estimate of drug-likeness (QED) is 0.811. The van der Waals surface area contributed by atoms with Gasteiger partial charge in [0.2, 0.25) is 0 Å². The molecule has 0 N–H and O–H groups in total. The number of nitrogens with zero attached hydrogens (tertiary/aromatic N) is 4. The van der Waals surface area contributed by atoms with E-state index in [0.717, 1.165) is 31.7 Å². The molecule has 0 radical (unpaired) electrons. The van der Waals surface area contributed by atoms with E-state index in [2.05, 4.69) is 15.0 Å². The molecule has 1 saturated heterocycles. The summed E-state index contributed by atoms with van der Waals surface area (Å²) in [6, 6.07) is 5.98. The molecule has 2 aromatic rings. The van der Waals surface area contributed by atoms with Crippen molar-refractivity contribution in [1.82, 2.24) is 14.8 Å². The van der Waals surface area contributed by atoms with Gasteiger partial charge in [-0.1, -0.05) is 0 Å². The van der Waals surface area contributed by atoms with Crippen molar-refractivity contribution in [2.75, 3.05) is 24.6 Å². The monoisotopic (exact) mass is 300 g/mol. The number of piperidine rings is 1. The first-order valence-corrected chi connectivity index (χ1v) is 7.65. The van der Waals surface area contributed by atoms with Crippen LogP contribution >= 0.6 is 0 Å². The molecular weight excluding hydrogens is 280 g/mol. The Labute approximate surface area is 129 Å². The number of carbonyl (C=O) groups excluding carboxylic acids is 1. The third kappa shape index (κ3) is 3.10. The summed E-state index contributed by atoms with van der Waals surface area (Å²) in [6.45, 7) is 4.03. The lowest BCUT2D eigenvalue weighted by Gasteiger charge is -2.33. The number of esters is 1. The van der Waals surface area contributed by atoms with Crippen LogP contribution in [0.15, 0.2) is 36.8 Å². The molecule has 6 nitrogen and oxygen atoms in total. The van der Waals surface area contributed by atoms with Crippen LogP contribution in [-0.2, 0) is 4.74 Å². The summed E-state index contributed by atoms with van der Waals surface area (Å²) >= 11 is 0. The summed E-state index contributed by atoms with van der Waals surface area (Å²) in [5.74, 6) is 0.569. The topological polar surface area (TPSA) is 60.2 Å². The molecule has 0 aromatic carbocycles. The number of aromatic nitrogens is 3. The van der Waals surface area contributed by atoms with Crippen LogP contribution in [0.1, 0.15) is 36.2 Å². The van der Waals surface area contributed by atoms with E-state index in [4.69, 9.17) is 4.74 Å². The minimum atomic E-state index is -0.324. The van der Waals surface area contributed by atoms with Gasteiger partial charge in [-0.05, 0) is 38.0 Å². The first-order chi connectivity index (χ1) is 10.8. The van der Waals surface area contributed by atoms with Crippen molar-refractivity contribution in [2.45, 2.75) is 25.8 Å². The zero-order valence-corrected chi connectivity index (χ0v) is 12.7. The first kappa shape index (κ1) is 14.6. The molecule has 1 aliphatic rings. The second kappa shape index (κ2) is 6.60. The van der Waals surface area contributed by atoms with E-state index in [-0.39, 0.29) is 5.97 Å². The highest BCUT2D eigenvalue weighted by molar-refractivity contribution is 5.89. The highest BCUT2D eigenvalue weighted by atomic mass is 16.5. The summed E-state index contributed by atoms with van der Waals surface area (Å²) < 4.78 is 6.99. The lowest BCUT2D eigenvalue weighted by atomic mass is 10.1. The van der Waals surface area contributed by atoms with Gasteiger partial charge >= 0.3 is 5.97 Å². The van der Waals surface area contributed by atoms with Gasteiger partial charge in [0.05, 0.1) is 18.2 Å². The summed E-state index contributed by atoms with van der Waals surface area (Å²) in [7, 11) is 0. The Hall–Kier alpha value is -2.37. The zero-order chi connectivity index (χ0) is 15.4. The van der Waals surface area contributed by atoms with Gasteiger partial charge in [0.25, 0.3) is 0 Å². The van der Waals surface area contributed by atoms with E-state index in [1.807, 2.05) is 29.2 Å². The molecule has 1 aliphatic heterocycles. The maximum Gasteiger partial charge on any atom is 0.339 e. The second-order valence-corrected chi connectivity index (χ2v) is 5.35. The molecule has 2 aromatic heterocycles. The molecule has 3 rings (SSSR count). The number of hydrogen-bond acceptors (Lipinski definition) is 5. The van der Waals surface area contributed by atoms with Crippen molar-refractivity contribution in [3.63, 3.8) is 0 Å². The molecule has 0 amide bonds. The fourth-order valence-electron chi connectivity index (χ4n) is 2.78. The fraction of sp³-hybridized carbons (Fsp3) is 0.438. The average Bonchev–Trinajstić information content (AvgIpc) is 3.10. The maximum absolute atomic E-state index is 11.7. The summed E-state index contributed by atoms with van der Waals surface area (Å²) in [6.07, 6.45) is 7.63. The van der Waals surface area contributed by atoms with Gasteiger partial charge in [-0.2, -0.15) is 5.10 Å². The van der Waals surface area contributed by atoms with Crippen molar-refractivity contribution in [2.24, 2.45) is 0 Å². The minimum Gasteiger partial charge on any atom is -0.462 e. The van der Waals surface area contributed by atoms with Crippen LogP contribution in [0, 0.1) is 0 Å². The predicted molar refractivity (Wildman–Crippen MR) is 82.9 cm³/mol. The van der Waals surface area contributed by atoms with Gasteiger partial charge in [-0.15, -0.1) is 0 Å². The highest BCUT2D eigenvalue weighted by Gasteiger charge is 2.22. The number of carbonyl (C=O) groups is 1. The smallest absolute Gasteiger partial charge is 0.339 e. The predicted octanol–water partition coefficient (Wildman–Crippen LogP) is 2.30. The van der Waals surface area contributed by atoms with Crippen LogP contribution in [-0.4, -0.2) is 40.4 Å². The number of ether oxygens (including phenoxy) is 1. The van der Waals surface area contributed by atoms with Crippen LogP contribution < -0.4 is 4.90 Å². The maximum atomic E-state index is 11.7. The largest absolute Gasteiger partial charge is 0.462 e. The zero-order valence-electron chi connectivity index (χ0n) is 12.7. The summed E-state index contributed by atoms with van der Waals surface area (Å²) in [4.78, 5) is 18.3. The molecule has 0 saturated carbocycles. The van der Waals surface area contributed by atoms with Gasteiger partial charge in [0.15, 0.2) is 0 Å². The Morgan fingerprint density at radius 3 is 3.05 bits per heavy atom. The van der Waals surface area contributed by atoms with Crippen molar-refractivity contribution in [3.8, 4) is 0 Å². The minimum absolute atomic E-state index is 0.324. The van der Waals surface area contributed by atoms with E-state index >= 15 is 0 Å². The summed E-state index contributed by atoms with van der Waals surface area (Å²) in [5, 5.41) is 4.33. The molecule has 1 unspecified atom stereocenters. The number of rotatable bonds is 4. The van der Waals surface area contributed by atoms with E-state index in [1.165, 1.54) is 0 Å². The van der Waals surface area contributed by atoms with Gasteiger partial charge < -0.3 is 9.64 Å². The molecule has 1 atom stereocenters. The number of hydrogen-bond donors (Lipinski definition) is 0. The van der Waals surface area contributed by atoms with E-state index in [1.54, 1.807) is 19.2 Å². The Balaban J connectivity index is 1.69. The van der Waals surface area contributed by atoms with Crippen LogP contribution in [0.3, 0.4) is 0 Å². The van der Waals surface area contributed by atoms with Crippen LogP contribution in [0.2, 0.25) is 0 Å². The number of anilines is 1. The summed E-state index contributed by atoms with van der Waals surface area (Å²) in [5.41, 5.74) is 0.492. The Kier molecular flexibility index (Phi) is 4.37. The van der Waals surface area contributed by atoms with Crippen molar-refractivity contribution in [3.05, 3.63) is 42.4 Å². The average molecular weight is 300 g/mol. The van der Waals surface area contributed by atoms with E-state index in [9.17, 15) is 4.79 Å². The third-order valence-corrected chi connectivity index (χ3v) is 3.88.